The van der Waals surface area contributed by atoms with E-state index in [0.717, 1.165) is 14.2 Å². The molecule has 0 saturated heterocycles. The Morgan fingerprint density at radius 1 is 1.14 bits per heavy atom. The molecule has 44 valence electrons. The van der Waals surface area contributed by atoms with Crippen LogP contribution in [0.4, 0.5) is 0 Å². The Balaban J connectivity index is 3.89. The van der Waals surface area contributed by atoms with Crippen LogP contribution in [0.1, 0.15) is 0 Å². The minimum absolute atomic E-state index is 1.08. The van der Waals surface area contributed by atoms with E-state index in [1.54, 1.807) is 0 Å². The van der Waals surface area contributed by atoms with Crippen LogP contribution < -0.4 is 0 Å². The van der Waals surface area contributed by atoms with Crippen LogP contribution in [0.5, 0.6) is 0 Å². The van der Waals surface area contributed by atoms with E-state index in [1.807, 2.05) is 0 Å². The van der Waals surface area contributed by atoms with Crippen molar-refractivity contribution < 1.29 is 30.3 Å². The first-order chi connectivity index (χ1) is 3.12. The molecule has 0 fully saturated rings. The molecule has 0 N–H and O–H groups in total. The van der Waals surface area contributed by atoms with Crippen molar-refractivity contribution in [1.82, 2.24) is 0 Å². The summed E-state index contributed by atoms with van der Waals surface area (Å²) in [6.45, 7) is 0. The zero-order chi connectivity index (χ0) is 5.91. The van der Waals surface area contributed by atoms with Crippen LogP contribution in [0, 0.1) is 0 Å². The van der Waals surface area contributed by atoms with Crippen LogP contribution in [0.15, 0.2) is 0 Å². The Morgan fingerprint density at radius 3 is 1.43 bits per heavy atom. The van der Waals surface area contributed by atoms with Gasteiger partial charge in [-0.05, 0) is 0 Å². The van der Waals surface area contributed by atoms with Gasteiger partial charge >= 0.3 is 44.5 Å². The normalized spacial score (nSPS) is 11.7. The van der Waals surface area contributed by atoms with Gasteiger partial charge in [0.25, 0.3) is 0 Å². The molecule has 7 heavy (non-hydrogen) atoms. The summed E-state index contributed by atoms with van der Waals surface area (Å²) in [7, 11) is 2.16. The van der Waals surface area contributed by atoms with Gasteiger partial charge in [-0.3, -0.25) is 0 Å². The van der Waals surface area contributed by atoms with Crippen molar-refractivity contribution >= 4 is 0 Å². The van der Waals surface area contributed by atoms with E-state index in [9.17, 15) is 6.80 Å². The predicted molar refractivity (Wildman–Crippen MR) is 15.4 cm³/mol. The third-order valence-corrected chi connectivity index (χ3v) is 3.34. The summed E-state index contributed by atoms with van der Waals surface area (Å²) in [5.41, 5.74) is 0. The number of rotatable bonds is 2. The molecule has 0 aliphatic carbocycles. The molecular formula is C2H6O4W. The summed E-state index contributed by atoms with van der Waals surface area (Å²) in [5.74, 6) is 0. The van der Waals surface area contributed by atoms with Crippen molar-refractivity contribution in [3.05, 3.63) is 0 Å². The second-order valence-electron chi connectivity index (χ2n) is 0.742. The summed E-state index contributed by atoms with van der Waals surface area (Å²) in [4.78, 5) is 0. The summed E-state index contributed by atoms with van der Waals surface area (Å²) in [6.07, 6.45) is 0. The molecule has 0 radical (unpaired) electrons. The average molecular weight is 278 g/mol. The third-order valence-electron chi connectivity index (χ3n) is 0.408. The first kappa shape index (κ1) is 7.21. The fraction of sp³-hybridized carbons (Fsp3) is 1.00. The second-order valence-corrected chi connectivity index (χ2v) is 6.07. The maximum absolute atomic E-state index is 10.0. The molecule has 0 aromatic carbocycles. The topological polar surface area (TPSA) is 52.6 Å². The van der Waals surface area contributed by atoms with Crippen LogP contribution in [0.25, 0.3) is 0 Å². The summed E-state index contributed by atoms with van der Waals surface area (Å²) >= 11 is -4.77. The Morgan fingerprint density at radius 2 is 1.43 bits per heavy atom. The molecule has 0 aliphatic heterocycles. The van der Waals surface area contributed by atoms with Gasteiger partial charge in [0, 0.05) is 0 Å². The van der Waals surface area contributed by atoms with Crippen molar-refractivity contribution in [2.24, 2.45) is 0 Å². The zero-order valence-corrected chi connectivity index (χ0v) is 6.97. The molecular weight excluding hydrogens is 272 g/mol. The van der Waals surface area contributed by atoms with E-state index in [0.29, 0.717) is 0 Å². The van der Waals surface area contributed by atoms with E-state index in [2.05, 4.69) is 6.78 Å². The van der Waals surface area contributed by atoms with Gasteiger partial charge in [-0.2, -0.15) is 0 Å². The Bertz CT molecular complexity index is 113. The molecule has 0 bridgehead atoms. The van der Waals surface area contributed by atoms with Gasteiger partial charge in [0.15, 0.2) is 0 Å². The maximum atomic E-state index is 10.0. The molecule has 0 aliphatic rings. The predicted octanol–water partition coefficient (Wildman–Crippen LogP) is -0.0459. The third kappa shape index (κ3) is 2.85. The summed E-state index contributed by atoms with van der Waals surface area (Å²) in [5, 5.41) is 0. The molecule has 0 amide bonds. The average Bonchev–Trinajstić information content (AvgIpc) is 1.68. The van der Waals surface area contributed by atoms with Crippen molar-refractivity contribution in [3.63, 3.8) is 0 Å². The van der Waals surface area contributed by atoms with Gasteiger partial charge in [-0.15, -0.1) is 0 Å². The van der Waals surface area contributed by atoms with E-state index in [1.165, 1.54) is 0 Å². The SMILES string of the molecule is C[O][W](=[O])(=[O])[O]C. The molecule has 0 heterocycles. The molecule has 0 aromatic heterocycles. The number of hydrogen-bond donors (Lipinski definition) is 0. The Hall–Kier alpha value is 0.208. The van der Waals surface area contributed by atoms with Crippen LogP contribution in [0.3, 0.4) is 0 Å². The van der Waals surface area contributed by atoms with Gasteiger partial charge in [0.05, 0.1) is 0 Å². The summed E-state index contributed by atoms with van der Waals surface area (Å²) < 4.78 is 28.0. The van der Waals surface area contributed by atoms with Crippen LogP contribution >= 0.6 is 0 Å². The molecule has 4 nitrogen and oxygen atoms in total. The standard InChI is InChI=1S/2CH3O.2O.W/c2*1-2;;;/h2*1H3;;;/q2*-1;;;+2. The molecule has 0 aromatic rings. The van der Waals surface area contributed by atoms with Gasteiger partial charge in [0.2, 0.25) is 0 Å². The minimum atomic E-state index is -4.77. The number of hydrogen-bond acceptors (Lipinski definition) is 4. The molecule has 0 atom stereocenters. The Labute approximate surface area is 45.1 Å². The molecule has 0 rings (SSSR count). The van der Waals surface area contributed by atoms with Crippen LogP contribution in [-0.4, -0.2) is 14.2 Å². The van der Waals surface area contributed by atoms with Gasteiger partial charge in [-0.25, -0.2) is 0 Å². The van der Waals surface area contributed by atoms with Crippen LogP contribution in [-0.2, 0) is 30.3 Å². The van der Waals surface area contributed by atoms with Gasteiger partial charge in [0.1, 0.15) is 0 Å². The van der Waals surface area contributed by atoms with Crippen molar-refractivity contribution in [2.75, 3.05) is 14.2 Å². The van der Waals surface area contributed by atoms with E-state index < -0.39 is 16.7 Å². The Kier molecular flexibility index (Phi) is 2.57. The van der Waals surface area contributed by atoms with Crippen molar-refractivity contribution in [3.8, 4) is 0 Å². The van der Waals surface area contributed by atoms with Crippen LogP contribution in [0.2, 0.25) is 0 Å². The molecule has 5 heteroatoms. The fourth-order valence-corrected chi connectivity index (χ4v) is 0.557. The van der Waals surface area contributed by atoms with Crippen molar-refractivity contribution in [1.29, 1.82) is 0 Å². The van der Waals surface area contributed by atoms with Gasteiger partial charge < -0.3 is 0 Å². The molecule has 0 spiro atoms. The molecule has 0 saturated carbocycles. The fourth-order valence-electron chi connectivity index (χ4n) is 0.0680. The zero-order valence-electron chi connectivity index (χ0n) is 4.04. The van der Waals surface area contributed by atoms with Crippen molar-refractivity contribution in [2.45, 2.75) is 0 Å². The van der Waals surface area contributed by atoms with E-state index in [-0.39, 0.29) is 0 Å². The monoisotopic (exact) mass is 278 g/mol. The quantitative estimate of drug-likeness (QED) is 0.711. The summed E-state index contributed by atoms with van der Waals surface area (Å²) in [6, 6.07) is 0. The van der Waals surface area contributed by atoms with Gasteiger partial charge in [-0.1, -0.05) is 0 Å². The molecule has 0 unspecified atom stereocenters. The van der Waals surface area contributed by atoms with E-state index >= 15 is 0 Å². The first-order valence-corrected chi connectivity index (χ1v) is 6.27. The first-order valence-electron chi connectivity index (χ1n) is 1.48. The van der Waals surface area contributed by atoms with E-state index in [4.69, 9.17) is 0 Å². The second kappa shape index (κ2) is 2.50.